The highest BCUT2D eigenvalue weighted by molar-refractivity contribution is 6.62. The van der Waals surface area contributed by atoms with Crippen molar-refractivity contribution in [3.05, 3.63) is 345 Å². The maximum Gasteiger partial charge on any atom is 0.498 e. The van der Waals surface area contributed by atoms with Crippen molar-refractivity contribution >= 4 is 46.9 Å². The van der Waals surface area contributed by atoms with Gasteiger partial charge in [-0.25, -0.2) is 39.5 Å². The maximum atomic E-state index is 14.4. The van der Waals surface area contributed by atoms with E-state index in [4.69, 9.17) is 20.8 Å². The molecule has 0 amide bonds. The molecule has 7 aromatic carbocycles. The summed E-state index contributed by atoms with van der Waals surface area (Å²) in [7, 11) is -1.38. The summed E-state index contributed by atoms with van der Waals surface area (Å²) in [5, 5.41) is 7.52. The second kappa shape index (κ2) is 39.4. The van der Waals surface area contributed by atoms with E-state index in [0.717, 1.165) is 86.2 Å². The van der Waals surface area contributed by atoms with Crippen molar-refractivity contribution in [1.29, 1.82) is 0 Å². The zero-order valence-electron chi connectivity index (χ0n) is 70.7. The molecule has 2 aliphatic carbocycles. The normalized spacial score (nSPS) is 14.7. The fourth-order valence-electron chi connectivity index (χ4n) is 16.5. The Morgan fingerprint density at radius 3 is 1.44 bits per heavy atom. The van der Waals surface area contributed by atoms with E-state index in [9.17, 15) is 80.2 Å². The van der Waals surface area contributed by atoms with E-state index in [1.165, 1.54) is 73.1 Å². The van der Waals surface area contributed by atoms with Crippen molar-refractivity contribution in [1.82, 2.24) is 39.5 Å². The number of rotatable bonds is 27. The molecule has 4 N–H and O–H groups in total. The van der Waals surface area contributed by atoms with Crippen LogP contribution in [0.4, 0.5) is 65.9 Å². The summed E-state index contributed by atoms with van der Waals surface area (Å²) in [6.45, 7) is 15.0. The molecule has 1 unspecified atom stereocenters. The van der Waals surface area contributed by atoms with Crippen LogP contribution >= 0.6 is 0 Å². The van der Waals surface area contributed by atoms with Gasteiger partial charge in [-0.05, 0) is 215 Å². The van der Waals surface area contributed by atoms with Gasteiger partial charge in [0.2, 0.25) is 0 Å². The quantitative estimate of drug-likeness (QED) is 0.0279. The molecular weight excluding hydrogens is 1690 g/mol. The smallest absolute Gasteiger partial charge is 0.399 e. The number of Topliss-reactive ketones (excluding diaryl/α,β-unsaturated/α-hetero) is 3. The van der Waals surface area contributed by atoms with Crippen LogP contribution in [0.25, 0.3) is 50.5 Å². The Hall–Kier alpha value is -12.9. The van der Waals surface area contributed by atoms with Gasteiger partial charge in [0.15, 0.2) is 23.0 Å². The second-order valence-electron chi connectivity index (χ2n) is 33.4. The fraction of sp³-hybridized carbons (Fsp3) is 0.276. The second-order valence-corrected chi connectivity index (χ2v) is 33.4. The number of fused-ring (bicyclic) bond motifs is 2. The largest absolute Gasteiger partial charge is 0.498 e. The van der Waals surface area contributed by atoms with Gasteiger partial charge in [0.05, 0.1) is 47.1 Å². The number of alkyl halides is 6. The van der Waals surface area contributed by atoms with E-state index < -0.39 is 131 Å². The molecule has 1 saturated heterocycles. The van der Waals surface area contributed by atoms with Gasteiger partial charge in [0, 0.05) is 149 Å². The zero-order chi connectivity index (χ0) is 92.7. The van der Waals surface area contributed by atoms with Crippen LogP contribution in [0.15, 0.2) is 208 Å². The van der Waals surface area contributed by atoms with Crippen molar-refractivity contribution in [2.75, 3.05) is 0 Å². The molecule has 668 valence electrons. The molecule has 129 heavy (non-hydrogen) atoms. The number of carbonyl (C=O) groups is 3. The maximum absolute atomic E-state index is 14.4. The Balaban J connectivity index is 0.000000166. The molecule has 5 aromatic heterocycles. The Morgan fingerprint density at radius 2 is 0.946 bits per heavy atom. The van der Waals surface area contributed by atoms with Crippen LogP contribution < -0.4 is 16.9 Å². The van der Waals surface area contributed by atoms with Crippen LogP contribution in [0.5, 0.6) is 0 Å². The number of hydrogen-bond acceptors (Lipinski definition) is 13. The number of hydrogen-bond donors (Lipinski definition) is 2. The van der Waals surface area contributed by atoms with E-state index in [1.807, 2.05) is 37.3 Å². The summed E-state index contributed by atoms with van der Waals surface area (Å²) in [5.74, 6) is -9.17. The van der Waals surface area contributed by atoms with E-state index in [0.29, 0.717) is 88.0 Å². The number of halogens is 15. The van der Waals surface area contributed by atoms with Crippen LogP contribution in [0.3, 0.4) is 0 Å². The Bertz CT molecular complexity index is 6190. The third kappa shape index (κ3) is 23.0. The van der Waals surface area contributed by atoms with E-state index in [2.05, 4.69) is 43.3 Å². The molecule has 31 heteroatoms. The third-order valence-corrected chi connectivity index (χ3v) is 23.2. The van der Waals surface area contributed by atoms with Gasteiger partial charge in [-0.3, -0.25) is 43.7 Å². The van der Waals surface area contributed by atoms with Gasteiger partial charge in [0.1, 0.15) is 58.1 Å². The summed E-state index contributed by atoms with van der Waals surface area (Å²) >= 11 is 0. The first-order valence-electron chi connectivity index (χ1n) is 41.4. The summed E-state index contributed by atoms with van der Waals surface area (Å²) in [4.78, 5) is 58.7. The number of carbonyl (C=O) groups excluding carboxylic acids is 3. The Labute approximate surface area is 734 Å². The van der Waals surface area contributed by atoms with Crippen LogP contribution in [0.1, 0.15) is 175 Å². The number of allylic oxidation sites excluding steroid dienone is 2. The van der Waals surface area contributed by atoms with Crippen molar-refractivity contribution in [3.8, 4) is 33.5 Å². The molecule has 1 aliphatic heterocycles. The molecule has 0 radical (unpaired) electrons. The van der Waals surface area contributed by atoms with Crippen molar-refractivity contribution in [3.63, 3.8) is 0 Å². The first-order chi connectivity index (χ1) is 61.1. The average Bonchev–Trinajstić information content (AvgIpc) is 1.61. The first-order valence-corrected chi connectivity index (χ1v) is 41.4. The molecule has 0 bridgehead atoms. The highest BCUT2D eigenvalue weighted by atomic mass is 19.4. The van der Waals surface area contributed by atoms with Gasteiger partial charge in [-0.15, -0.1) is 0 Å². The standard InChI is InChI=1S/C34H33BF6N4O3.C33H30F6N4O.C31H25F3N2O/c1-19(42)27-15-21(8-9-29(27)38)26-7-6-10-43-30(26)22(11-20-12-23(36)16-24(37)13-20)14-25(46)17-45-18-28(31(44-45)34(39,40)41)35-47-32(2,3)33(4,5)48-35;1-19(40)28-16-21(9-10-29(28)36)26-7-5-11-41-31(26)22(12-20-13-23(34)17-24(35)14-20)15-25(44)18-43-30-8-4-2-3-6-27(30)32(42-43)33(37,38)39;1-19-2-4-22(5-3-19)30-31(36-11-10-35-30)24(12-20-13-26(33)17-27(34)14-20)16-28(37)15-23-7-6-21-8-9-25(32)18-29(21)23/h6-10,12-13,15-16,18,22H,1,11,14,17,42H2,2-5H3;5,7,9-11,13-14,16-17,22H,1-4,6,8,12,15,18,40H2;2-5,7-11,13-14,17-18,24H,6,12,15-16H2,1H3/t2*22-;/m11./s1. The summed E-state index contributed by atoms with van der Waals surface area (Å²) in [6, 6.07) is 36.9. The highest BCUT2D eigenvalue weighted by Gasteiger charge is 2.55. The minimum atomic E-state index is -4.87. The lowest BCUT2D eigenvalue weighted by atomic mass is 9.79. The monoisotopic (exact) mass is 1780 g/mol. The molecular formula is C98H88BF15N10O5. The number of aromatic nitrogens is 8. The van der Waals surface area contributed by atoms with Crippen molar-refractivity contribution in [2.45, 2.75) is 172 Å². The number of aryl methyl sites for hydroxylation is 1. The van der Waals surface area contributed by atoms with Crippen molar-refractivity contribution < 1.29 is 89.5 Å². The van der Waals surface area contributed by atoms with E-state index >= 15 is 0 Å². The van der Waals surface area contributed by atoms with E-state index in [1.54, 1.807) is 70.4 Å². The lowest BCUT2D eigenvalue weighted by Gasteiger charge is -2.32. The molecule has 0 spiro atoms. The number of ketones is 3. The topological polar surface area (TPSA) is 209 Å². The minimum Gasteiger partial charge on any atom is -0.399 e. The SMILES string of the molecule is C=C(N)c1cc(-c2cccnc2[C@@H](CC(=O)Cn2cc(B3OC(C)(C)C(C)(C)O3)c(C(F)(F)F)n2)Cc2cc(F)cc(F)c2)ccc1F.C=C(N)c1cc(-c2cccnc2[C@@H](CC(=O)Cn2nc(C(F)(F)F)c3c2CCCCC3)Cc2cc(F)cc(F)c2)ccc1F.Cc1ccc(-c2nccnc2C(CC(=O)CC2=CCc3ccc(F)cc32)Cc2cc(F)cc(F)c2)cc1. The van der Waals surface area contributed by atoms with Crippen LogP contribution in [0.2, 0.25) is 0 Å². The predicted molar refractivity (Wildman–Crippen MR) is 459 cm³/mol. The van der Waals surface area contributed by atoms with Crippen LogP contribution in [-0.4, -0.2) is 75.2 Å². The van der Waals surface area contributed by atoms with Crippen LogP contribution in [-0.2, 0) is 87.7 Å². The van der Waals surface area contributed by atoms with Gasteiger partial charge >= 0.3 is 19.5 Å². The van der Waals surface area contributed by atoms with Crippen molar-refractivity contribution in [2.24, 2.45) is 11.5 Å². The lowest BCUT2D eigenvalue weighted by molar-refractivity contribution is -0.142. The molecule has 6 heterocycles. The predicted octanol–water partition coefficient (Wildman–Crippen LogP) is 21.3. The summed E-state index contributed by atoms with van der Waals surface area (Å²) in [6.07, 6.45) is 2.83. The molecule has 12 aromatic rings. The molecule has 0 saturated carbocycles. The van der Waals surface area contributed by atoms with Gasteiger partial charge < -0.3 is 20.8 Å². The van der Waals surface area contributed by atoms with E-state index in [-0.39, 0.29) is 108 Å². The summed E-state index contributed by atoms with van der Waals surface area (Å²) in [5.41, 5.74) is 17.2. The number of nitrogens with zero attached hydrogens (tertiary/aromatic N) is 8. The molecule has 3 atom stereocenters. The number of pyridine rings is 2. The van der Waals surface area contributed by atoms with Crippen LogP contribution in [0, 0.1) is 59.3 Å². The van der Waals surface area contributed by atoms with Gasteiger partial charge in [0.25, 0.3) is 0 Å². The molecule has 1 fully saturated rings. The van der Waals surface area contributed by atoms with Gasteiger partial charge in [-0.2, -0.15) is 36.5 Å². The summed E-state index contributed by atoms with van der Waals surface area (Å²) < 4.78 is 225. The average molecular weight is 1780 g/mol. The fourth-order valence-corrected chi connectivity index (χ4v) is 16.5. The third-order valence-electron chi connectivity index (χ3n) is 23.2. The molecule has 3 aliphatic rings. The Morgan fingerprint density at radius 1 is 0.488 bits per heavy atom. The number of nitrogens with two attached hydrogens (primary N) is 2. The first kappa shape index (κ1) is 93.7. The Kier molecular flexibility index (Phi) is 28.6. The molecule has 15 rings (SSSR count). The van der Waals surface area contributed by atoms with Gasteiger partial charge in [-0.1, -0.05) is 85.8 Å². The highest BCUT2D eigenvalue weighted by Crippen LogP contribution is 2.43. The number of benzene rings is 7. The minimum absolute atomic E-state index is 0.00685. The lowest BCUT2D eigenvalue weighted by Crippen LogP contribution is -2.41. The molecule has 15 nitrogen and oxygen atoms in total. The zero-order valence-corrected chi connectivity index (χ0v) is 70.7.